The lowest BCUT2D eigenvalue weighted by molar-refractivity contribution is -0.384. The highest BCUT2D eigenvalue weighted by molar-refractivity contribution is 6.36. The molecular formula is C24H17Cl2N3O4. The van der Waals surface area contributed by atoms with Crippen molar-refractivity contribution >= 4 is 51.4 Å². The fourth-order valence-electron chi connectivity index (χ4n) is 3.41. The quantitative estimate of drug-likeness (QED) is 0.242. The second-order valence-corrected chi connectivity index (χ2v) is 7.86. The molecule has 0 radical (unpaired) electrons. The number of rotatable bonds is 6. The minimum absolute atomic E-state index is 0.0559. The van der Waals surface area contributed by atoms with E-state index in [4.69, 9.17) is 27.9 Å². The van der Waals surface area contributed by atoms with E-state index in [0.717, 1.165) is 0 Å². The van der Waals surface area contributed by atoms with Crippen LogP contribution in [0.25, 0.3) is 22.2 Å². The van der Waals surface area contributed by atoms with E-state index in [9.17, 15) is 14.9 Å². The molecule has 1 amide bonds. The third kappa shape index (κ3) is 4.74. The summed E-state index contributed by atoms with van der Waals surface area (Å²) in [5.41, 5.74) is 1.74. The molecule has 1 aromatic heterocycles. The Bertz CT molecular complexity index is 1390. The number of carbonyl (C=O) groups is 1. The Morgan fingerprint density at radius 1 is 1.09 bits per heavy atom. The van der Waals surface area contributed by atoms with Gasteiger partial charge >= 0.3 is 0 Å². The van der Waals surface area contributed by atoms with Crippen LogP contribution in [0.5, 0.6) is 5.75 Å². The summed E-state index contributed by atoms with van der Waals surface area (Å²) in [6, 6.07) is 18.0. The standard InChI is InChI=1S/C24H17Cl2N3O4/c1-2-33-15-8-10-21(23(12-15)29(31)32)28-24(30)18-13-22(17-9-7-14(25)11-19(17)26)27-20-6-4-3-5-16(18)20/h3-13H,2H2,1H3,(H,28,30). The molecule has 4 rings (SSSR count). The molecule has 33 heavy (non-hydrogen) atoms. The third-order valence-electron chi connectivity index (χ3n) is 4.89. The normalized spacial score (nSPS) is 10.8. The van der Waals surface area contributed by atoms with E-state index in [0.29, 0.717) is 50.1 Å². The zero-order chi connectivity index (χ0) is 23.5. The molecule has 0 saturated heterocycles. The molecule has 1 heterocycles. The Kier molecular flexibility index (Phi) is 6.44. The van der Waals surface area contributed by atoms with Crippen molar-refractivity contribution in [2.24, 2.45) is 0 Å². The Hall–Kier alpha value is -3.68. The van der Waals surface area contributed by atoms with Gasteiger partial charge in [-0.15, -0.1) is 0 Å². The molecule has 0 aliphatic rings. The molecule has 0 aliphatic heterocycles. The fraction of sp³-hybridized carbons (Fsp3) is 0.0833. The lowest BCUT2D eigenvalue weighted by Crippen LogP contribution is -2.14. The van der Waals surface area contributed by atoms with E-state index in [1.165, 1.54) is 12.1 Å². The van der Waals surface area contributed by atoms with Crippen LogP contribution in [0.2, 0.25) is 10.0 Å². The molecule has 0 aliphatic carbocycles. The van der Waals surface area contributed by atoms with Gasteiger partial charge in [-0.2, -0.15) is 0 Å². The number of fused-ring (bicyclic) bond motifs is 1. The van der Waals surface area contributed by atoms with Gasteiger partial charge in [0.25, 0.3) is 11.6 Å². The summed E-state index contributed by atoms with van der Waals surface area (Å²) in [5, 5.41) is 15.7. The average molecular weight is 482 g/mol. The SMILES string of the molecule is CCOc1ccc(NC(=O)c2cc(-c3ccc(Cl)cc3Cl)nc3ccccc23)c([N+](=O)[O-])c1. The summed E-state index contributed by atoms with van der Waals surface area (Å²) < 4.78 is 5.34. The van der Waals surface area contributed by atoms with E-state index in [1.54, 1.807) is 55.5 Å². The van der Waals surface area contributed by atoms with Gasteiger partial charge in [0, 0.05) is 16.0 Å². The first-order valence-electron chi connectivity index (χ1n) is 9.95. The Morgan fingerprint density at radius 2 is 1.88 bits per heavy atom. The van der Waals surface area contributed by atoms with Gasteiger partial charge in [-0.05, 0) is 49.4 Å². The number of nitro groups is 1. The van der Waals surface area contributed by atoms with Gasteiger partial charge in [0.15, 0.2) is 0 Å². The predicted molar refractivity (Wildman–Crippen MR) is 129 cm³/mol. The summed E-state index contributed by atoms with van der Waals surface area (Å²) in [5.74, 6) is -0.177. The van der Waals surface area contributed by atoms with Crippen LogP contribution >= 0.6 is 23.2 Å². The van der Waals surface area contributed by atoms with Gasteiger partial charge in [0.2, 0.25) is 0 Å². The van der Waals surface area contributed by atoms with Gasteiger partial charge in [-0.3, -0.25) is 14.9 Å². The number of nitro benzene ring substituents is 1. The number of pyridine rings is 1. The maximum atomic E-state index is 13.3. The number of amides is 1. The molecule has 3 aromatic carbocycles. The molecule has 0 spiro atoms. The predicted octanol–water partition coefficient (Wildman–Crippen LogP) is 6.77. The van der Waals surface area contributed by atoms with Crippen LogP contribution in [-0.4, -0.2) is 22.4 Å². The van der Waals surface area contributed by atoms with Crippen molar-refractivity contribution in [1.82, 2.24) is 4.98 Å². The molecule has 0 bridgehead atoms. The van der Waals surface area contributed by atoms with Crippen LogP contribution in [0.4, 0.5) is 11.4 Å². The molecule has 9 heteroatoms. The highest BCUT2D eigenvalue weighted by atomic mass is 35.5. The van der Waals surface area contributed by atoms with E-state index in [1.807, 2.05) is 6.07 Å². The molecule has 1 N–H and O–H groups in total. The molecule has 0 atom stereocenters. The fourth-order valence-corrected chi connectivity index (χ4v) is 3.92. The van der Waals surface area contributed by atoms with Crippen LogP contribution in [0, 0.1) is 10.1 Å². The molecular weight excluding hydrogens is 465 g/mol. The van der Waals surface area contributed by atoms with Gasteiger partial charge in [-0.1, -0.05) is 41.4 Å². The van der Waals surface area contributed by atoms with Crippen LogP contribution in [-0.2, 0) is 0 Å². The second kappa shape index (κ2) is 9.44. The lowest BCUT2D eigenvalue weighted by atomic mass is 10.0. The Balaban J connectivity index is 1.79. The van der Waals surface area contributed by atoms with Crippen LogP contribution in [0.1, 0.15) is 17.3 Å². The van der Waals surface area contributed by atoms with Gasteiger partial charge < -0.3 is 10.1 Å². The number of hydrogen-bond donors (Lipinski definition) is 1. The minimum atomic E-state index is -0.568. The second-order valence-electron chi connectivity index (χ2n) is 7.02. The first kappa shape index (κ1) is 22.5. The number of aromatic nitrogens is 1. The zero-order valence-electron chi connectivity index (χ0n) is 17.3. The highest BCUT2D eigenvalue weighted by Gasteiger charge is 2.21. The van der Waals surface area contributed by atoms with Gasteiger partial charge in [0.1, 0.15) is 11.4 Å². The van der Waals surface area contributed by atoms with E-state index < -0.39 is 10.8 Å². The molecule has 7 nitrogen and oxygen atoms in total. The van der Waals surface area contributed by atoms with Crippen molar-refractivity contribution in [2.75, 3.05) is 11.9 Å². The minimum Gasteiger partial charge on any atom is -0.494 e. The van der Waals surface area contributed by atoms with E-state index in [-0.39, 0.29) is 11.4 Å². The average Bonchev–Trinajstić information content (AvgIpc) is 2.79. The Morgan fingerprint density at radius 3 is 2.61 bits per heavy atom. The summed E-state index contributed by atoms with van der Waals surface area (Å²) in [4.78, 5) is 28.9. The monoisotopic (exact) mass is 481 g/mol. The van der Waals surface area contributed by atoms with Gasteiger partial charge in [0.05, 0.1) is 39.4 Å². The summed E-state index contributed by atoms with van der Waals surface area (Å²) in [6.07, 6.45) is 0. The number of para-hydroxylation sites is 1. The van der Waals surface area contributed by atoms with Crippen molar-refractivity contribution in [3.8, 4) is 17.0 Å². The highest BCUT2D eigenvalue weighted by Crippen LogP contribution is 2.33. The van der Waals surface area contributed by atoms with Crippen molar-refractivity contribution < 1.29 is 14.5 Å². The van der Waals surface area contributed by atoms with E-state index >= 15 is 0 Å². The maximum absolute atomic E-state index is 13.3. The number of ether oxygens (including phenoxy) is 1. The number of nitrogens with zero attached hydrogens (tertiary/aromatic N) is 2. The molecule has 0 unspecified atom stereocenters. The summed E-state index contributed by atoms with van der Waals surface area (Å²) in [6.45, 7) is 2.14. The van der Waals surface area contributed by atoms with Gasteiger partial charge in [-0.25, -0.2) is 4.98 Å². The molecule has 4 aromatic rings. The molecule has 0 fully saturated rings. The first-order chi connectivity index (χ1) is 15.9. The zero-order valence-corrected chi connectivity index (χ0v) is 18.9. The summed E-state index contributed by atoms with van der Waals surface area (Å²) in [7, 11) is 0. The number of halogens is 2. The van der Waals surface area contributed by atoms with Crippen LogP contribution in [0.15, 0.2) is 66.7 Å². The van der Waals surface area contributed by atoms with Crippen LogP contribution in [0.3, 0.4) is 0 Å². The number of nitrogens with one attached hydrogen (secondary N) is 1. The van der Waals surface area contributed by atoms with Crippen molar-refractivity contribution in [2.45, 2.75) is 6.92 Å². The van der Waals surface area contributed by atoms with Crippen molar-refractivity contribution in [3.63, 3.8) is 0 Å². The van der Waals surface area contributed by atoms with Crippen LogP contribution < -0.4 is 10.1 Å². The van der Waals surface area contributed by atoms with Crippen molar-refractivity contribution in [1.29, 1.82) is 0 Å². The van der Waals surface area contributed by atoms with Crippen molar-refractivity contribution in [3.05, 3.63) is 92.5 Å². The number of anilines is 1. The smallest absolute Gasteiger partial charge is 0.296 e. The topological polar surface area (TPSA) is 94.4 Å². The lowest BCUT2D eigenvalue weighted by Gasteiger charge is -2.12. The largest absolute Gasteiger partial charge is 0.494 e. The summed E-state index contributed by atoms with van der Waals surface area (Å²) >= 11 is 12.4. The van der Waals surface area contributed by atoms with E-state index in [2.05, 4.69) is 10.3 Å². The third-order valence-corrected chi connectivity index (χ3v) is 5.44. The molecule has 0 saturated carbocycles. The maximum Gasteiger partial charge on any atom is 0.296 e. The molecule has 166 valence electrons. The number of carbonyl (C=O) groups excluding carboxylic acids is 1. The number of hydrogen-bond acceptors (Lipinski definition) is 5. The number of benzene rings is 3. The Labute approximate surface area is 199 Å². The first-order valence-corrected chi connectivity index (χ1v) is 10.7.